The van der Waals surface area contributed by atoms with Crippen molar-refractivity contribution < 1.29 is 69.9 Å². The number of rotatable bonds is 18. The molecule has 1 aliphatic heterocycles. The quantitative estimate of drug-likeness (QED) is 0.0761. The highest BCUT2D eigenvalue weighted by molar-refractivity contribution is 8.18. The van der Waals surface area contributed by atoms with Crippen molar-refractivity contribution in [1.82, 2.24) is 0 Å². The highest BCUT2D eigenvalue weighted by Crippen LogP contribution is 2.66. The number of hydrogen-bond acceptors (Lipinski definition) is 23. The molecule has 6 atom stereocenters. The largest absolute Gasteiger partial charge is 0.497 e. The van der Waals surface area contributed by atoms with Crippen molar-refractivity contribution in [3.63, 3.8) is 0 Å². The van der Waals surface area contributed by atoms with Gasteiger partial charge in [0.25, 0.3) is 0 Å². The minimum atomic E-state index is -4.19. The van der Waals surface area contributed by atoms with Gasteiger partial charge in [0.05, 0.1) is 35.2 Å². The fourth-order valence-corrected chi connectivity index (χ4v) is 18.9. The van der Waals surface area contributed by atoms with Crippen molar-refractivity contribution in [3.8, 4) is 17.9 Å². The smallest absolute Gasteiger partial charge is 0.329 e. The van der Waals surface area contributed by atoms with Crippen LogP contribution in [0.3, 0.4) is 0 Å². The predicted octanol–water partition coefficient (Wildman–Crippen LogP) is 9.43. The molecule has 22 nitrogen and oxygen atoms in total. The Bertz CT molecular complexity index is 3590. The molecule has 0 N–H and O–H groups in total. The van der Waals surface area contributed by atoms with E-state index in [0.29, 0.717) is 65.4 Å². The van der Waals surface area contributed by atoms with Crippen molar-refractivity contribution >= 4 is 97.3 Å². The summed E-state index contributed by atoms with van der Waals surface area (Å²) in [5, 5.41) is 33.2. The molecule has 0 spiro atoms. The molecule has 7 aliphatic rings. The third-order valence-electron chi connectivity index (χ3n) is 18.8. The minimum Gasteiger partial charge on any atom is -0.497 e. The standard InChI is InChI=1S/C24H36N2O8S2.C19H22N2O5S.C13H10N2O3S2.C2H6/c1-15(25-33-35(29,30)13-23-9-7-17(11-19(23)27)21(23,3)4)16(2)26-34-36(31,32)14-24-10-8-18(12-20(24)28)22(24,5)6;1-18(2)14-8-9-19(18,17(22)10-14)12-27(23,24)26-21-16(11-20)13-4-6-15(25-3)7-5-13;1-20(16,17)18-15-13-8-7-12(19-13)11(9-14)10-5-3-2-4-6-10;1-2/h17-18H,7-14H2,1-6H3;4-7,14H,8-10,12H2,1-3H3;2-8H,1H3;1-2H3/b;;12-11-,15-13?;. The molecule has 6 bridgehead atoms. The van der Waals surface area contributed by atoms with E-state index in [9.17, 15) is 58.6 Å². The molecule has 0 radical (unpaired) electrons. The van der Waals surface area contributed by atoms with Crippen molar-refractivity contribution in [2.24, 2.45) is 70.9 Å². The van der Waals surface area contributed by atoms with Crippen LogP contribution < -0.4 is 4.74 Å². The van der Waals surface area contributed by atoms with E-state index in [0.717, 1.165) is 31.1 Å². The summed E-state index contributed by atoms with van der Waals surface area (Å²) in [6, 6.07) is 19.6. The minimum absolute atomic E-state index is 0.00366. The second-order valence-electron chi connectivity index (χ2n) is 23.8. The zero-order chi connectivity index (χ0) is 63.4. The van der Waals surface area contributed by atoms with Crippen LogP contribution >= 0.6 is 11.8 Å². The molecule has 6 fully saturated rings. The van der Waals surface area contributed by atoms with E-state index >= 15 is 0 Å². The first kappa shape index (κ1) is 67.9. The number of thioether (sulfide) groups is 1. The van der Waals surface area contributed by atoms with Crippen molar-refractivity contribution in [3.05, 3.63) is 82.8 Å². The van der Waals surface area contributed by atoms with E-state index in [4.69, 9.17) is 17.6 Å². The Morgan fingerprint density at radius 3 is 1.31 bits per heavy atom. The van der Waals surface area contributed by atoms with E-state index in [1.165, 1.54) is 32.7 Å². The van der Waals surface area contributed by atoms with E-state index in [-0.39, 0.29) is 52.2 Å². The number of nitriles is 2. The first-order valence-corrected chi connectivity index (χ1v) is 35.0. The van der Waals surface area contributed by atoms with Gasteiger partial charge in [-0.25, -0.2) is 0 Å². The molecule has 6 saturated carbocycles. The molecule has 2 aromatic rings. The monoisotopic (exact) mass is 1270 g/mol. The number of nitrogens with zero attached hydrogens (tertiary/aromatic N) is 6. The molecule has 27 heteroatoms. The second kappa shape index (κ2) is 25.6. The normalized spacial score (nSPS) is 28.0. The molecule has 2 aromatic carbocycles. The van der Waals surface area contributed by atoms with Crippen LogP contribution in [-0.2, 0) is 72.0 Å². The maximum atomic E-state index is 12.7. The van der Waals surface area contributed by atoms with Crippen LogP contribution in [0, 0.1) is 72.9 Å². The van der Waals surface area contributed by atoms with Gasteiger partial charge in [-0.1, -0.05) is 118 Å². The van der Waals surface area contributed by atoms with Crippen molar-refractivity contribution in [2.75, 3.05) is 30.6 Å². The lowest BCUT2D eigenvalue weighted by molar-refractivity contribution is -0.128. The van der Waals surface area contributed by atoms with Gasteiger partial charge in [-0.2, -0.15) is 44.2 Å². The van der Waals surface area contributed by atoms with E-state index in [1.807, 2.05) is 91.8 Å². The number of allylic oxidation sites excluding steroid dienone is 2. The van der Waals surface area contributed by atoms with Gasteiger partial charge in [0.2, 0.25) is 0 Å². The lowest BCUT2D eigenvalue weighted by Gasteiger charge is -2.35. The van der Waals surface area contributed by atoms with Gasteiger partial charge in [-0.3, -0.25) is 31.5 Å². The van der Waals surface area contributed by atoms with Crippen LogP contribution in [-0.4, -0.2) is 104 Å². The molecule has 85 heavy (non-hydrogen) atoms. The molecular formula is C58H74N6O16S5. The number of benzene rings is 2. The Hall–Kier alpha value is -6.26. The summed E-state index contributed by atoms with van der Waals surface area (Å²) in [5.74, 6) is -0.297. The topological polar surface area (TPSA) is 331 Å². The van der Waals surface area contributed by atoms with Gasteiger partial charge in [0.15, 0.2) is 5.71 Å². The summed E-state index contributed by atoms with van der Waals surface area (Å²) in [6.07, 6.45) is 9.41. The third-order valence-corrected chi connectivity index (χ3v) is 23.5. The van der Waals surface area contributed by atoms with E-state index in [2.05, 4.69) is 31.0 Å². The SMILES string of the molecule is CC.CC(=NOS(=O)(=O)CC12CCC(CC1=O)C2(C)C)C(C)=NOS(=O)(=O)CC12CCC(CC1=O)C2(C)C.COc1ccc(C(C#N)=NOS(=O)(=O)CC23CCC(CC2=O)C3(C)C)cc1.CS(=O)(=O)ON=C1C=C/C(=C(\C#N)c2ccccc2)S1. The summed E-state index contributed by atoms with van der Waals surface area (Å²) in [5.41, 5.74) is -2.60. The number of Topliss-reactive ketones (excluding diaryl/α,β-unsaturated/α-hetero) is 3. The fourth-order valence-electron chi connectivity index (χ4n) is 13.1. The number of oxime groups is 4. The highest BCUT2D eigenvalue weighted by atomic mass is 32.2. The molecule has 0 amide bonds. The van der Waals surface area contributed by atoms with Crippen molar-refractivity contribution in [1.29, 1.82) is 10.5 Å². The first-order chi connectivity index (χ1) is 39.5. The van der Waals surface area contributed by atoms with Crippen LogP contribution in [0.4, 0.5) is 0 Å². The second-order valence-corrected chi connectivity index (χ2v) is 31.1. The fraction of sp³-hybridized carbons (Fsp3) is 0.569. The van der Waals surface area contributed by atoms with Crippen LogP contribution in [0.15, 0.2) is 92.3 Å². The molecule has 9 rings (SSSR count). The molecule has 0 saturated heterocycles. The number of ether oxygens (including phenoxy) is 1. The maximum Gasteiger partial charge on any atom is 0.329 e. The summed E-state index contributed by atoms with van der Waals surface area (Å²) in [6.45, 7) is 18.4. The Labute approximate surface area is 504 Å². The number of hydrogen-bond donors (Lipinski definition) is 0. The number of fused-ring (bicyclic) bond motifs is 6. The first-order valence-electron chi connectivity index (χ1n) is 27.6. The Balaban J connectivity index is 0.000000210. The highest BCUT2D eigenvalue weighted by Gasteiger charge is 2.68. The van der Waals surface area contributed by atoms with Gasteiger partial charge < -0.3 is 4.74 Å². The molecule has 6 unspecified atom stereocenters. The van der Waals surface area contributed by atoms with Crippen LogP contribution in [0.1, 0.15) is 138 Å². The van der Waals surface area contributed by atoms with E-state index in [1.54, 1.807) is 36.4 Å². The van der Waals surface area contributed by atoms with Gasteiger partial charge in [-0.15, -0.1) is 0 Å². The summed E-state index contributed by atoms with van der Waals surface area (Å²) in [4.78, 5) is 38.5. The van der Waals surface area contributed by atoms with E-state index < -0.39 is 90.2 Å². The Morgan fingerprint density at radius 1 is 0.576 bits per heavy atom. The van der Waals surface area contributed by atoms with Gasteiger partial charge in [-0.05, 0) is 128 Å². The molecule has 0 aromatic heterocycles. The maximum absolute atomic E-state index is 12.7. The Kier molecular flexibility index (Phi) is 20.4. The number of ketones is 3. The van der Waals surface area contributed by atoms with Crippen molar-refractivity contribution in [2.45, 2.75) is 127 Å². The zero-order valence-corrected chi connectivity index (χ0v) is 53.9. The van der Waals surface area contributed by atoms with Crippen LogP contribution in [0.5, 0.6) is 5.75 Å². The summed E-state index contributed by atoms with van der Waals surface area (Å²) >= 11 is 1.19. The van der Waals surface area contributed by atoms with Gasteiger partial charge >= 0.3 is 40.5 Å². The van der Waals surface area contributed by atoms with Gasteiger partial charge in [0.1, 0.15) is 69.0 Å². The average molecular weight is 1270 g/mol. The Morgan fingerprint density at radius 2 is 0.976 bits per heavy atom. The molecule has 462 valence electrons. The lowest BCUT2D eigenvalue weighted by atomic mass is 9.70. The zero-order valence-electron chi connectivity index (χ0n) is 49.8. The summed E-state index contributed by atoms with van der Waals surface area (Å²) in [7, 11) is -14.6. The average Bonchev–Trinajstić information content (AvgIpc) is 1.71. The number of methoxy groups -OCH3 is 1. The van der Waals surface area contributed by atoms with Crippen LogP contribution in [0.2, 0.25) is 0 Å². The van der Waals surface area contributed by atoms with Gasteiger partial charge in [0, 0.05) is 29.7 Å². The van der Waals surface area contributed by atoms with Crippen LogP contribution in [0.25, 0.3) is 5.57 Å². The summed E-state index contributed by atoms with van der Waals surface area (Å²) < 4.78 is 122. The molecular weight excluding hydrogens is 1200 g/mol. The number of carbonyl (C=O) groups excluding carboxylic acids is 3. The predicted molar refractivity (Wildman–Crippen MR) is 322 cm³/mol. The molecule has 6 aliphatic carbocycles. The lowest BCUT2D eigenvalue weighted by Crippen LogP contribution is -2.42. The third kappa shape index (κ3) is 14.1. The molecule has 1 heterocycles. The number of carbonyl (C=O) groups is 3.